The lowest BCUT2D eigenvalue weighted by Crippen LogP contribution is -2.70. The Morgan fingerprint density at radius 3 is 2.59 bits per heavy atom. The predicted octanol–water partition coefficient (Wildman–Crippen LogP) is 0.386. The van der Waals surface area contributed by atoms with Crippen LogP contribution in [0.1, 0.15) is 23.1 Å². The number of benzene rings is 2. The third kappa shape index (κ3) is 6.01. The third-order valence-electron chi connectivity index (χ3n) is 9.13. The zero-order chi connectivity index (χ0) is 32.3. The molecule has 7 unspecified atom stereocenters. The van der Waals surface area contributed by atoms with Crippen LogP contribution in [0.5, 0.6) is 0 Å². The number of fused-ring (bicyclic) bond motifs is 4. The summed E-state index contributed by atoms with van der Waals surface area (Å²) >= 11 is 0. The number of hydrogen-bond donors (Lipinski definition) is 3. The molecule has 3 heterocycles. The molecule has 3 saturated heterocycles. The fourth-order valence-electron chi connectivity index (χ4n) is 6.98. The molecule has 0 radical (unpaired) electrons. The maximum absolute atomic E-state index is 14.9. The highest BCUT2D eigenvalue weighted by Gasteiger charge is 2.75. The van der Waals surface area contributed by atoms with Gasteiger partial charge in [-0.25, -0.2) is 0 Å². The average Bonchev–Trinajstić information content (AvgIpc) is 3.70. The van der Waals surface area contributed by atoms with Crippen LogP contribution >= 0.6 is 0 Å². The normalized spacial score (nSPS) is 28.8. The summed E-state index contributed by atoms with van der Waals surface area (Å²) < 4.78 is 22.8. The van der Waals surface area contributed by atoms with E-state index in [-0.39, 0.29) is 52.5 Å². The predicted molar refractivity (Wildman–Crippen MR) is 161 cm³/mol. The molecule has 46 heavy (non-hydrogen) atoms. The van der Waals surface area contributed by atoms with Crippen molar-refractivity contribution in [1.82, 2.24) is 15.3 Å². The van der Waals surface area contributed by atoms with Crippen molar-refractivity contribution in [3.63, 3.8) is 0 Å². The zero-order valence-electron chi connectivity index (χ0n) is 25.5. The van der Waals surface area contributed by atoms with Crippen LogP contribution in [0, 0.1) is 5.41 Å². The number of rotatable bonds is 13. The minimum atomic E-state index is -1.41. The van der Waals surface area contributed by atoms with Gasteiger partial charge in [-0.05, 0) is 22.8 Å². The maximum Gasteiger partial charge on any atom is 0.327 e. The fraction of sp³-hybridized carbons (Fsp3) is 0.485. The van der Waals surface area contributed by atoms with Gasteiger partial charge in [0.25, 0.3) is 0 Å². The Kier molecular flexibility index (Phi) is 9.68. The molecular weight excluding hydrogens is 598 g/mol. The molecule has 3 N–H and O–H groups in total. The Labute approximate surface area is 266 Å². The Morgan fingerprint density at radius 2 is 1.85 bits per heavy atom. The first-order valence-corrected chi connectivity index (χ1v) is 15.4. The molecule has 1 aliphatic carbocycles. The smallest absolute Gasteiger partial charge is 0.327 e. The van der Waals surface area contributed by atoms with Gasteiger partial charge in [0.1, 0.15) is 49.3 Å². The number of likely N-dealkylation sites (N-methyl/N-ethyl adjacent to an activating group) is 1. The van der Waals surface area contributed by atoms with Crippen LogP contribution in [0.25, 0.3) is 6.08 Å². The molecule has 4 fully saturated rings. The molecular formula is C33H39N3O10. The minimum Gasteiger partial charge on any atom is -0.499 e. The van der Waals surface area contributed by atoms with Crippen molar-refractivity contribution in [2.24, 2.45) is 5.41 Å². The van der Waals surface area contributed by atoms with Crippen LogP contribution in [0.15, 0.2) is 60.9 Å². The lowest BCUT2D eigenvalue weighted by atomic mass is 9.62. The van der Waals surface area contributed by atoms with Gasteiger partial charge < -0.3 is 39.4 Å². The number of ether oxygens (including phenoxy) is 4. The van der Waals surface area contributed by atoms with Gasteiger partial charge in [0.2, 0.25) is 11.8 Å². The van der Waals surface area contributed by atoms with E-state index >= 15 is 0 Å². The Balaban J connectivity index is 1.31. The molecule has 7 atom stereocenters. The van der Waals surface area contributed by atoms with Crippen molar-refractivity contribution < 1.29 is 48.4 Å². The van der Waals surface area contributed by atoms with E-state index < -0.39 is 59.7 Å². The first-order chi connectivity index (χ1) is 22.4. The largest absolute Gasteiger partial charge is 0.499 e. The number of aliphatic hydroxyl groups is 2. The molecule has 6 rings (SSSR count). The van der Waals surface area contributed by atoms with E-state index in [1.54, 1.807) is 13.1 Å². The Bertz CT molecular complexity index is 1420. The van der Waals surface area contributed by atoms with Crippen LogP contribution in [-0.4, -0.2) is 115 Å². The molecule has 13 heteroatoms. The number of hydrogen-bond acceptors (Lipinski definition) is 11. The van der Waals surface area contributed by atoms with Gasteiger partial charge in [-0.1, -0.05) is 54.6 Å². The molecule has 2 aromatic rings. The van der Waals surface area contributed by atoms with Crippen LogP contribution in [0.4, 0.5) is 0 Å². The van der Waals surface area contributed by atoms with Gasteiger partial charge in [0, 0.05) is 26.4 Å². The van der Waals surface area contributed by atoms with E-state index in [2.05, 4.69) is 5.32 Å². The highest BCUT2D eigenvalue weighted by atomic mass is 16.8. The summed E-state index contributed by atoms with van der Waals surface area (Å²) in [5.41, 5.74) is 1.13. The number of aliphatic hydroxyl groups excluding tert-OH is 2. The van der Waals surface area contributed by atoms with Crippen LogP contribution in [-0.2, 0) is 51.1 Å². The second-order valence-electron chi connectivity index (χ2n) is 11.9. The van der Waals surface area contributed by atoms with Crippen molar-refractivity contribution in [1.29, 1.82) is 0 Å². The molecule has 4 aliphatic rings. The third-order valence-corrected chi connectivity index (χ3v) is 9.13. The van der Waals surface area contributed by atoms with Crippen molar-refractivity contribution in [3.8, 4) is 0 Å². The zero-order valence-corrected chi connectivity index (χ0v) is 25.5. The average molecular weight is 638 g/mol. The van der Waals surface area contributed by atoms with Crippen molar-refractivity contribution in [2.45, 2.75) is 55.9 Å². The number of hydroxylamine groups is 2. The van der Waals surface area contributed by atoms with Crippen molar-refractivity contribution in [3.05, 3.63) is 77.5 Å². The van der Waals surface area contributed by atoms with E-state index in [1.807, 2.05) is 54.6 Å². The molecule has 0 aromatic heterocycles. The number of carbonyl (C=O) groups is 3. The summed E-state index contributed by atoms with van der Waals surface area (Å²) in [5, 5.41) is 22.5. The number of esters is 1. The number of amides is 2. The quantitative estimate of drug-likeness (QED) is 0.159. The van der Waals surface area contributed by atoms with Gasteiger partial charge in [-0.2, -0.15) is 5.06 Å². The van der Waals surface area contributed by atoms with Crippen LogP contribution in [0.2, 0.25) is 0 Å². The number of nitrogens with zero attached hydrogens (tertiary/aromatic N) is 2. The van der Waals surface area contributed by atoms with Gasteiger partial charge >= 0.3 is 5.97 Å². The highest BCUT2D eigenvalue weighted by molar-refractivity contribution is 5.96. The number of carbonyl (C=O) groups excluding carboxylic acids is 3. The lowest BCUT2D eigenvalue weighted by molar-refractivity contribution is -0.204. The summed E-state index contributed by atoms with van der Waals surface area (Å²) in [4.78, 5) is 50.0. The van der Waals surface area contributed by atoms with E-state index in [4.69, 9.17) is 28.9 Å². The molecule has 2 bridgehead atoms. The van der Waals surface area contributed by atoms with Crippen molar-refractivity contribution >= 4 is 23.9 Å². The molecule has 13 nitrogen and oxygen atoms in total. The number of nitrogens with one attached hydrogen (secondary N) is 1. The molecule has 3 aliphatic heterocycles. The van der Waals surface area contributed by atoms with Gasteiger partial charge in [0.15, 0.2) is 6.04 Å². The first-order valence-electron chi connectivity index (χ1n) is 15.4. The van der Waals surface area contributed by atoms with E-state index in [0.29, 0.717) is 0 Å². The second kappa shape index (κ2) is 13.9. The van der Waals surface area contributed by atoms with Crippen molar-refractivity contribution in [2.75, 3.05) is 40.2 Å². The van der Waals surface area contributed by atoms with E-state index in [9.17, 15) is 19.5 Å². The lowest BCUT2D eigenvalue weighted by Gasteiger charge is -2.50. The first kappa shape index (κ1) is 32.1. The molecule has 246 valence electrons. The minimum absolute atomic E-state index is 0.0226. The fourth-order valence-corrected chi connectivity index (χ4v) is 6.98. The molecule has 2 amide bonds. The van der Waals surface area contributed by atoms with Crippen LogP contribution in [0.3, 0.4) is 0 Å². The SMILES string of the molecule is CN(C(=O)C12CC3OC(=O)C1N(Cc1ccc(C=COCCO)cc1)OC2C1OCOC31)C(Cc1ccccc1)C(=O)NCCO. The highest BCUT2D eigenvalue weighted by Crippen LogP contribution is 2.56. The maximum atomic E-state index is 14.9. The Hall–Kier alpha value is -3.85. The monoisotopic (exact) mass is 637 g/mol. The molecule has 2 aromatic carbocycles. The summed E-state index contributed by atoms with van der Waals surface area (Å²) in [7, 11) is 1.57. The standard InChI is InChI=1S/C33H39N3O10/c1-35(24(30(39)34-12-13-37)17-22-5-3-2-4-6-22)32(41)33-18-25-26-27(44-20-43-26)29(33)46-36(28(33)31(40)45-25)19-23-9-7-21(8-10-23)11-15-42-16-14-38/h2-11,15,24-29,37-38H,12-14,16-20H2,1H3,(H,34,39). The molecule has 1 saturated carbocycles. The summed E-state index contributed by atoms with van der Waals surface area (Å²) in [6.45, 7) is 0.0627. The Morgan fingerprint density at radius 1 is 1.09 bits per heavy atom. The van der Waals surface area contributed by atoms with Crippen LogP contribution < -0.4 is 5.32 Å². The van der Waals surface area contributed by atoms with E-state index in [0.717, 1.165) is 16.7 Å². The topological polar surface area (TPSA) is 156 Å². The second-order valence-corrected chi connectivity index (χ2v) is 11.9. The summed E-state index contributed by atoms with van der Waals surface area (Å²) in [5.74, 6) is -1.45. The molecule has 0 spiro atoms. The summed E-state index contributed by atoms with van der Waals surface area (Å²) in [6.07, 6.45) is 0.800. The van der Waals surface area contributed by atoms with E-state index in [1.165, 1.54) is 16.2 Å². The summed E-state index contributed by atoms with van der Waals surface area (Å²) in [6, 6.07) is 14.8. The van der Waals surface area contributed by atoms with Gasteiger partial charge in [0.05, 0.1) is 26.0 Å². The van der Waals surface area contributed by atoms with Gasteiger partial charge in [-0.15, -0.1) is 0 Å². The van der Waals surface area contributed by atoms with Gasteiger partial charge in [-0.3, -0.25) is 19.2 Å².